The normalized spacial score (nSPS) is 28.3. The molecular weight excluding hydrogens is 282 g/mol. The molecule has 92 valence electrons. The monoisotopic (exact) mass is 297 g/mol. The number of rotatable bonds is 2. The van der Waals surface area contributed by atoms with Crippen molar-refractivity contribution >= 4 is 27.7 Å². The zero-order valence-corrected chi connectivity index (χ0v) is 11.2. The molecule has 0 spiro atoms. The highest BCUT2D eigenvalue weighted by Gasteiger charge is 2.37. The van der Waals surface area contributed by atoms with Gasteiger partial charge in [0.15, 0.2) is 0 Å². The highest BCUT2D eigenvalue weighted by atomic mass is 79.9. The Bertz CT molecular complexity index is 404. The molecule has 2 unspecified atom stereocenters. The van der Waals surface area contributed by atoms with E-state index in [2.05, 4.69) is 36.1 Å². The molecule has 5 nitrogen and oxygen atoms in total. The van der Waals surface area contributed by atoms with Crippen molar-refractivity contribution in [3.63, 3.8) is 0 Å². The van der Waals surface area contributed by atoms with Crippen molar-refractivity contribution in [1.29, 1.82) is 0 Å². The van der Waals surface area contributed by atoms with Gasteiger partial charge in [-0.05, 0) is 41.7 Å². The van der Waals surface area contributed by atoms with E-state index >= 15 is 0 Å². The van der Waals surface area contributed by atoms with E-state index in [1.54, 1.807) is 6.07 Å². The molecule has 1 aromatic heterocycles. The number of aromatic nitrogens is 2. The number of halogens is 1. The molecule has 6 heteroatoms. The van der Waals surface area contributed by atoms with Gasteiger partial charge in [0.2, 0.25) is 5.95 Å². The van der Waals surface area contributed by atoms with E-state index in [1.165, 1.54) is 32.4 Å². The Morgan fingerprint density at radius 1 is 1.35 bits per heavy atom. The lowest BCUT2D eigenvalue weighted by atomic mass is 10.1. The number of nitrogens with two attached hydrogens (primary N) is 1. The molecule has 3 N–H and O–H groups in total. The second kappa shape index (κ2) is 4.42. The predicted molar refractivity (Wildman–Crippen MR) is 70.8 cm³/mol. The van der Waals surface area contributed by atoms with E-state index in [0.717, 1.165) is 4.60 Å². The lowest BCUT2D eigenvalue weighted by Gasteiger charge is -2.21. The largest absolute Gasteiger partial charge is 0.383 e. The maximum absolute atomic E-state index is 5.71. The van der Waals surface area contributed by atoms with Crippen LogP contribution in [0.3, 0.4) is 0 Å². The first-order valence-corrected chi connectivity index (χ1v) is 6.82. The average Bonchev–Trinajstić information content (AvgIpc) is 2.81. The number of anilines is 2. The minimum Gasteiger partial charge on any atom is -0.383 e. The lowest BCUT2D eigenvalue weighted by Crippen LogP contribution is -2.34. The Balaban J connectivity index is 1.74. The van der Waals surface area contributed by atoms with Gasteiger partial charge in [-0.2, -0.15) is 4.98 Å². The van der Waals surface area contributed by atoms with Crippen LogP contribution in [0.2, 0.25) is 0 Å². The molecule has 0 aliphatic carbocycles. The first-order valence-electron chi connectivity index (χ1n) is 6.03. The Morgan fingerprint density at radius 2 is 2.24 bits per heavy atom. The van der Waals surface area contributed by atoms with Crippen LogP contribution >= 0.6 is 15.9 Å². The molecular formula is C11H16BrN5. The highest BCUT2D eigenvalue weighted by Crippen LogP contribution is 2.29. The van der Waals surface area contributed by atoms with Crippen LogP contribution < -0.4 is 11.1 Å². The summed E-state index contributed by atoms with van der Waals surface area (Å²) in [5, 5.41) is 3.42. The molecule has 0 amide bonds. The summed E-state index contributed by atoms with van der Waals surface area (Å²) in [5.74, 6) is 1.13. The SMILES string of the molecule is Nc1cc(Br)nc(NC2CCN3CCCC23)n1. The van der Waals surface area contributed by atoms with Crippen molar-refractivity contribution in [3.8, 4) is 0 Å². The van der Waals surface area contributed by atoms with Gasteiger partial charge in [-0.25, -0.2) is 4.98 Å². The predicted octanol–water partition coefficient (Wildman–Crippen LogP) is 1.47. The van der Waals surface area contributed by atoms with Crippen molar-refractivity contribution in [2.24, 2.45) is 0 Å². The Kier molecular flexibility index (Phi) is 2.92. The smallest absolute Gasteiger partial charge is 0.225 e. The topological polar surface area (TPSA) is 67.1 Å². The fourth-order valence-electron chi connectivity index (χ4n) is 2.92. The second-order valence-electron chi connectivity index (χ2n) is 4.72. The van der Waals surface area contributed by atoms with E-state index < -0.39 is 0 Å². The van der Waals surface area contributed by atoms with Crippen molar-refractivity contribution in [3.05, 3.63) is 10.7 Å². The molecule has 0 aromatic carbocycles. The quantitative estimate of drug-likeness (QED) is 0.809. The van der Waals surface area contributed by atoms with Crippen molar-refractivity contribution in [2.45, 2.75) is 31.3 Å². The number of hydrogen-bond acceptors (Lipinski definition) is 5. The van der Waals surface area contributed by atoms with E-state index in [0.29, 0.717) is 23.8 Å². The first kappa shape index (κ1) is 11.2. The van der Waals surface area contributed by atoms with Gasteiger partial charge in [0.1, 0.15) is 10.4 Å². The summed E-state index contributed by atoms with van der Waals surface area (Å²) in [6, 6.07) is 2.83. The van der Waals surface area contributed by atoms with Crippen molar-refractivity contribution < 1.29 is 0 Å². The van der Waals surface area contributed by atoms with Crippen LogP contribution in [0, 0.1) is 0 Å². The van der Waals surface area contributed by atoms with Gasteiger partial charge < -0.3 is 11.1 Å². The molecule has 2 saturated heterocycles. The molecule has 3 rings (SSSR count). The fourth-order valence-corrected chi connectivity index (χ4v) is 3.32. The maximum atomic E-state index is 5.71. The first-order chi connectivity index (χ1) is 8.22. The zero-order valence-electron chi connectivity index (χ0n) is 9.56. The van der Waals surface area contributed by atoms with Gasteiger partial charge in [-0.15, -0.1) is 0 Å². The van der Waals surface area contributed by atoms with Crippen LogP contribution in [-0.2, 0) is 0 Å². The lowest BCUT2D eigenvalue weighted by molar-refractivity contribution is 0.318. The number of nitrogens with one attached hydrogen (secondary N) is 1. The van der Waals surface area contributed by atoms with Gasteiger partial charge >= 0.3 is 0 Å². The van der Waals surface area contributed by atoms with E-state index in [-0.39, 0.29) is 0 Å². The molecule has 3 heterocycles. The van der Waals surface area contributed by atoms with Gasteiger partial charge in [0, 0.05) is 24.7 Å². The standard InChI is InChI=1S/C11H16BrN5/c12-9-6-10(13)16-11(15-9)14-7-3-5-17-4-1-2-8(7)17/h6-8H,1-5H2,(H3,13,14,15,16). The molecule has 0 bridgehead atoms. The summed E-state index contributed by atoms with van der Waals surface area (Å²) in [4.78, 5) is 11.1. The summed E-state index contributed by atoms with van der Waals surface area (Å²) >= 11 is 3.34. The third-order valence-electron chi connectivity index (χ3n) is 3.64. The third kappa shape index (κ3) is 2.24. The van der Waals surface area contributed by atoms with Crippen LogP contribution in [-0.4, -0.2) is 40.0 Å². The molecule has 17 heavy (non-hydrogen) atoms. The van der Waals surface area contributed by atoms with Gasteiger partial charge in [0.05, 0.1) is 0 Å². The Hall–Kier alpha value is -0.880. The molecule has 1 aromatic rings. The number of fused-ring (bicyclic) bond motifs is 1. The summed E-state index contributed by atoms with van der Waals surface area (Å²) in [6.07, 6.45) is 3.76. The molecule has 2 fully saturated rings. The van der Waals surface area contributed by atoms with E-state index in [1.807, 2.05) is 0 Å². The molecule has 2 atom stereocenters. The Morgan fingerprint density at radius 3 is 3.06 bits per heavy atom. The van der Waals surface area contributed by atoms with Crippen LogP contribution in [0.4, 0.5) is 11.8 Å². The number of hydrogen-bond donors (Lipinski definition) is 2. The van der Waals surface area contributed by atoms with E-state index in [9.17, 15) is 0 Å². The summed E-state index contributed by atoms with van der Waals surface area (Å²) < 4.78 is 0.730. The number of nitrogens with zero attached hydrogens (tertiary/aromatic N) is 3. The van der Waals surface area contributed by atoms with E-state index in [4.69, 9.17) is 5.73 Å². The fraction of sp³-hybridized carbons (Fsp3) is 0.636. The van der Waals surface area contributed by atoms with Crippen LogP contribution in [0.25, 0.3) is 0 Å². The summed E-state index contributed by atoms with van der Waals surface area (Å²) in [6.45, 7) is 2.43. The highest BCUT2D eigenvalue weighted by molar-refractivity contribution is 9.10. The average molecular weight is 298 g/mol. The maximum Gasteiger partial charge on any atom is 0.225 e. The second-order valence-corrected chi connectivity index (χ2v) is 5.54. The van der Waals surface area contributed by atoms with Crippen molar-refractivity contribution in [1.82, 2.24) is 14.9 Å². The third-order valence-corrected chi connectivity index (χ3v) is 4.04. The Labute approximate surface area is 109 Å². The zero-order chi connectivity index (χ0) is 11.8. The number of nitrogen functional groups attached to an aromatic ring is 1. The van der Waals surface area contributed by atoms with Gasteiger partial charge in [0.25, 0.3) is 0 Å². The van der Waals surface area contributed by atoms with Gasteiger partial charge in [-0.3, -0.25) is 4.90 Å². The van der Waals surface area contributed by atoms with Gasteiger partial charge in [-0.1, -0.05) is 0 Å². The molecule has 2 aliphatic heterocycles. The molecule has 2 aliphatic rings. The molecule has 0 saturated carbocycles. The molecule has 0 radical (unpaired) electrons. The minimum atomic E-state index is 0.464. The van der Waals surface area contributed by atoms with Crippen molar-refractivity contribution in [2.75, 3.05) is 24.1 Å². The minimum absolute atomic E-state index is 0.464. The summed E-state index contributed by atoms with van der Waals surface area (Å²) in [7, 11) is 0. The van der Waals surface area contributed by atoms with Crippen LogP contribution in [0.1, 0.15) is 19.3 Å². The summed E-state index contributed by atoms with van der Waals surface area (Å²) in [5.41, 5.74) is 5.71. The van der Waals surface area contributed by atoms with Crippen LogP contribution in [0.15, 0.2) is 10.7 Å². The van der Waals surface area contributed by atoms with Crippen LogP contribution in [0.5, 0.6) is 0 Å².